The summed E-state index contributed by atoms with van der Waals surface area (Å²) in [5.41, 5.74) is 7.49. The molecule has 0 radical (unpaired) electrons. The molecule has 1 aliphatic heterocycles. The number of benzene rings is 2. The van der Waals surface area contributed by atoms with Crippen LogP contribution in [0.1, 0.15) is 22.6 Å². The molecule has 138 valence electrons. The summed E-state index contributed by atoms with van der Waals surface area (Å²) < 4.78 is 4.22. The van der Waals surface area contributed by atoms with Gasteiger partial charge < -0.3 is 29.1 Å². The Morgan fingerprint density at radius 1 is 0.929 bits per heavy atom. The van der Waals surface area contributed by atoms with Crippen molar-refractivity contribution in [1.29, 1.82) is 0 Å². The zero-order valence-electron chi connectivity index (χ0n) is 15.2. The number of aromatic nitrogens is 3. The van der Waals surface area contributed by atoms with Crippen LogP contribution >= 0.6 is 0 Å². The van der Waals surface area contributed by atoms with E-state index < -0.39 is 0 Å². The molecule has 4 nitrogen and oxygen atoms in total. The molecule has 0 amide bonds. The van der Waals surface area contributed by atoms with E-state index in [4.69, 9.17) is 5.10 Å². The largest absolute Gasteiger partial charge is 1.00 e. The number of phenols is 1. The first-order valence-electron chi connectivity index (χ1n) is 8.90. The van der Waals surface area contributed by atoms with Gasteiger partial charge in [0.1, 0.15) is 11.4 Å². The van der Waals surface area contributed by atoms with E-state index in [0.29, 0.717) is 0 Å². The van der Waals surface area contributed by atoms with Crippen molar-refractivity contribution in [3.63, 3.8) is 0 Å². The van der Waals surface area contributed by atoms with Crippen LogP contribution in [0.3, 0.4) is 0 Å². The third-order valence-electron chi connectivity index (χ3n) is 4.87. The zero-order chi connectivity index (χ0) is 18.4. The molecular formula is C23H18IN3O. The van der Waals surface area contributed by atoms with Gasteiger partial charge in [-0.3, -0.25) is 0 Å². The highest BCUT2D eigenvalue weighted by atomic mass is 127. The number of halogens is 1. The first-order chi connectivity index (χ1) is 13.2. The zero-order valence-corrected chi connectivity index (χ0v) is 17.4. The topological polar surface area (TPSA) is 41.9 Å². The van der Waals surface area contributed by atoms with Crippen molar-refractivity contribution in [2.45, 2.75) is 6.92 Å². The lowest BCUT2D eigenvalue weighted by atomic mass is 10.1. The molecule has 0 bridgehead atoms. The Kier molecular flexibility index (Phi) is 4.77. The van der Waals surface area contributed by atoms with E-state index in [1.54, 1.807) is 12.1 Å². The Labute approximate surface area is 180 Å². The Morgan fingerprint density at radius 3 is 2.39 bits per heavy atom. The predicted molar refractivity (Wildman–Crippen MR) is 105 cm³/mol. The van der Waals surface area contributed by atoms with E-state index in [1.165, 1.54) is 0 Å². The fraction of sp³-hybridized carbons (Fsp3) is 0.0435. The van der Waals surface area contributed by atoms with Gasteiger partial charge in [-0.2, -0.15) is 9.67 Å². The number of rotatable bonds is 2. The lowest BCUT2D eigenvalue weighted by Crippen LogP contribution is -3.00. The summed E-state index contributed by atoms with van der Waals surface area (Å²) in [5, 5.41) is 14.4. The van der Waals surface area contributed by atoms with Crippen molar-refractivity contribution in [2.75, 3.05) is 0 Å². The van der Waals surface area contributed by atoms with Crippen LogP contribution in [-0.4, -0.2) is 14.9 Å². The lowest BCUT2D eigenvalue weighted by molar-refractivity contribution is -0.594. The molecular weight excluding hydrogens is 461 g/mol. The van der Waals surface area contributed by atoms with Crippen LogP contribution in [0.2, 0.25) is 0 Å². The number of aromatic hydroxyl groups is 1. The quantitative estimate of drug-likeness (QED) is 0.304. The van der Waals surface area contributed by atoms with Crippen molar-refractivity contribution in [3.8, 4) is 17.1 Å². The first kappa shape index (κ1) is 18.4. The third kappa shape index (κ3) is 2.92. The summed E-state index contributed by atoms with van der Waals surface area (Å²) in [6, 6.07) is 23.7. The predicted octanol–water partition coefficient (Wildman–Crippen LogP) is 1.07. The molecule has 4 aromatic rings. The normalized spacial score (nSPS) is 13.1. The number of hydrogen-bond acceptors (Lipinski definition) is 2. The number of aryl methyl sites for hydroxylation is 1. The fourth-order valence-corrected chi connectivity index (χ4v) is 3.66. The van der Waals surface area contributed by atoms with Gasteiger partial charge in [-0.05, 0) is 48.9 Å². The Morgan fingerprint density at radius 2 is 1.64 bits per heavy atom. The molecule has 1 N–H and O–H groups in total. The number of nitrogens with zero attached hydrogens (tertiary/aromatic N) is 3. The molecule has 5 rings (SSSR count). The second kappa shape index (κ2) is 7.24. The second-order valence-electron chi connectivity index (χ2n) is 6.64. The summed E-state index contributed by atoms with van der Waals surface area (Å²) in [6.07, 6.45) is 4.23. The fourth-order valence-electron chi connectivity index (χ4n) is 3.66. The monoisotopic (exact) mass is 479 g/mol. The van der Waals surface area contributed by atoms with Crippen molar-refractivity contribution >= 4 is 11.6 Å². The average Bonchev–Trinajstić information content (AvgIpc) is 3.21. The number of phenolic OH excluding ortho intramolecular Hbond substituents is 1. The molecule has 0 saturated heterocycles. The molecule has 0 atom stereocenters. The van der Waals surface area contributed by atoms with Gasteiger partial charge >= 0.3 is 0 Å². The van der Waals surface area contributed by atoms with Gasteiger partial charge in [0.25, 0.3) is 5.69 Å². The van der Waals surface area contributed by atoms with Crippen molar-refractivity contribution in [1.82, 2.24) is 9.78 Å². The average molecular weight is 479 g/mol. The standard InChI is InChI=1S/C23H17N3O.HI/c1-16-22-23(26(24-16)18-7-3-2-4-8-18)20(21-9-5-6-14-25(21)22)15-17-10-12-19(27)13-11-17;/h2-15H,1H3;1H. The second-order valence-corrected chi connectivity index (χ2v) is 6.64. The maximum Gasteiger partial charge on any atom is 0.261 e. The van der Waals surface area contributed by atoms with Gasteiger partial charge in [0.15, 0.2) is 11.9 Å². The molecule has 0 aliphatic carbocycles. The van der Waals surface area contributed by atoms with Crippen LogP contribution in [0, 0.1) is 6.92 Å². The van der Waals surface area contributed by atoms with Crippen molar-refractivity contribution in [3.05, 3.63) is 102 Å². The number of hydrogen-bond donors (Lipinski definition) is 1. The highest BCUT2D eigenvalue weighted by Gasteiger charge is 2.38. The Bertz CT molecular complexity index is 1180. The van der Waals surface area contributed by atoms with Crippen LogP contribution in [0.25, 0.3) is 23.0 Å². The molecule has 5 heteroatoms. The molecule has 28 heavy (non-hydrogen) atoms. The van der Waals surface area contributed by atoms with Crippen LogP contribution in [0.15, 0.2) is 79.0 Å². The lowest BCUT2D eigenvalue weighted by Gasteiger charge is -2.05. The minimum absolute atomic E-state index is 0. The Balaban J connectivity index is 0.00000192. The van der Waals surface area contributed by atoms with Crippen LogP contribution in [-0.2, 0) is 0 Å². The summed E-state index contributed by atoms with van der Waals surface area (Å²) in [4.78, 5) is 0. The van der Waals surface area contributed by atoms with Crippen LogP contribution < -0.4 is 28.5 Å². The first-order valence-corrected chi connectivity index (χ1v) is 8.90. The molecule has 3 heterocycles. The molecule has 0 fully saturated rings. The Hall–Kier alpha value is -2.93. The number of para-hydroxylation sites is 1. The van der Waals surface area contributed by atoms with E-state index in [2.05, 4.69) is 41.1 Å². The maximum absolute atomic E-state index is 9.59. The van der Waals surface area contributed by atoms with E-state index in [0.717, 1.165) is 39.6 Å². The molecule has 0 saturated carbocycles. The maximum atomic E-state index is 9.59. The van der Waals surface area contributed by atoms with Gasteiger partial charge in [-0.1, -0.05) is 30.3 Å². The number of fused-ring (bicyclic) bond motifs is 3. The molecule has 1 aliphatic rings. The van der Waals surface area contributed by atoms with Crippen LogP contribution in [0.4, 0.5) is 0 Å². The third-order valence-corrected chi connectivity index (χ3v) is 4.87. The van der Waals surface area contributed by atoms with Crippen molar-refractivity contribution < 1.29 is 33.7 Å². The van der Waals surface area contributed by atoms with Crippen molar-refractivity contribution in [2.24, 2.45) is 0 Å². The van der Waals surface area contributed by atoms with E-state index in [9.17, 15) is 5.11 Å². The molecule has 0 unspecified atom stereocenters. The summed E-state index contributed by atoms with van der Waals surface area (Å²) in [7, 11) is 0. The molecule has 0 spiro atoms. The van der Waals surface area contributed by atoms with Gasteiger partial charge in [0.2, 0.25) is 5.69 Å². The minimum atomic E-state index is 0. The van der Waals surface area contributed by atoms with Crippen LogP contribution in [0.5, 0.6) is 5.75 Å². The molecule has 2 aromatic carbocycles. The highest BCUT2D eigenvalue weighted by Crippen LogP contribution is 2.36. The summed E-state index contributed by atoms with van der Waals surface area (Å²) in [6.45, 7) is 2.05. The van der Waals surface area contributed by atoms with Gasteiger partial charge in [-0.15, -0.1) is 0 Å². The number of pyridine rings is 1. The smallest absolute Gasteiger partial charge is 0.261 e. The van der Waals surface area contributed by atoms with E-state index in [-0.39, 0.29) is 29.7 Å². The highest BCUT2D eigenvalue weighted by molar-refractivity contribution is 5.93. The van der Waals surface area contributed by atoms with Gasteiger partial charge in [0, 0.05) is 12.1 Å². The summed E-state index contributed by atoms with van der Waals surface area (Å²) >= 11 is 0. The van der Waals surface area contributed by atoms with E-state index in [1.807, 2.05) is 48.0 Å². The molecule has 2 aromatic heterocycles. The minimum Gasteiger partial charge on any atom is -1.00 e. The van der Waals surface area contributed by atoms with Gasteiger partial charge in [-0.25, -0.2) is 4.68 Å². The van der Waals surface area contributed by atoms with Gasteiger partial charge in [0.05, 0.1) is 11.3 Å². The SMILES string of the molecule is Cc1nn(-c2ccccc2)c2c1-[n+]1ccccc1/C2=C/c1ccc(O)cc1.[I-]. The van der Waals surface area contributed by atoms with E-state index >= 15 is 0 Å². The summed E-state index contributed by atoms with van der Waals surface area (Å²) in [5.74, 6) is 0.268.